The van der Waals surface area contributed by atoms with Gasteiger partial charge < -0.3 is 25.4 Å². The van der Waals surface area contributed by atoms with Crippen LogP contribution in [-0.2, 0) is 11.3 Å². The van der Waals surface area contributed by atoms with Crippen molar-refractivity contribution in [1.29, 1.82) is 0 Å². The highest BCUT2D eigenvalue weighted by Crippen LogP contribution is 2.24. The number of nitrogens with one attached hydrogen (secondary N) is 2. The lowest BCUT2D eigenvalue weighted by Crippen LogP contribution is -2.39. The van der Waals surface area contributed by atoms with E-state index in [0.29, 0.717) is 44.1 Å². The summed E-state index contributed by atoms with van der Waals surface area (Å²) in [6.07, 6.45) is 2.24. The van der Waals surface area contributed by atoms with Gasteiger partial charge in [0.05, 0.1) is 24.4 Å². The van der Waals surface area contributed by atoms with Gasteiger partial charge in [-0.05, 0) is 56.7 Å². The van der Waals surface area contributed by atoms with Crippen LogP contribution in [0.1, 0.15) is 52.5 Å². The van der Waals surface area contributed by atoms with Crippen molar-refractivity contribution in [3.8, 4) is 0 Å². The number of anilines is 1. The Morgan fingerprint density at radius 3 is 2.55 bits per heavy atom. The molecule has 0 radical (unpaired) electrons. The van der Waals surface area contributed by atoms with E-state index in [9.17, 15) is 9.50 Å². The molecule has 0 bridgehead atoms. The van der Waals surface area contributed by atoms with E-state index in [2.05, 4.69) is 29.5 Å². The van der Waals surface area contributed by atoms with Gasteiger partial charge in [-0.3, -0.25) is 0 Å². The first-order valence-electron chi connectivity index (χ1n) is 11.3. The van der Waals surface area contributed by atoms with E-state index >= 15 is 0 Å². The zero-order valence-electron chi connectivity index (χ0n) is 19.4. The molecule has 6 nitrogen and oxygen atoms in total. The molecule has 1 unspecified atom stereocenters. The Hall–Kier alpha value is -1.13. The molecule has 0 aromatic heterocycles. The van der Waals surface area contributed by atoms with Crippen molar-refractivity contribution in [2.45, 2.75) is 65.7 Å². The highest BCUT2D eigenvalue weighted by Gasteiger charge is 2.19. The third-order valence-electron chi connectivity index (χ3n) is 5.43. The summed E-state index contributed by atoms with van der Waals surface area (Å²) in [6.45, 7) is 12.4. The SMILES string of the molecule is CCNC(=NCc1ccc(N2CCC(O)CC2)c(F)c1)NCCC(OCC)C(C)C.I. The number of ether oxygens (including phenoxy) is 1. The number of benzene rings is 1. The molecule has 1 aromatic rings. The van der Waals surface area contributed by atoms with Gasteiger partial charge in [0.1, 0.15) is 5.82 Å². The largest absolute Gasteiger partial charge is 0.393 e. The molecular formula is C23H40FIN4O2. The second-order valence-electron chi connectivity index (χ2n) is 8.15. The summed E-state index contributed by atoms with van der Waals surface area (Å²) in [5.41, 5.74) is 1.44. The topological polar surface area (TPSA) is 69.1 Å². The fraction of sp³-hybridized carbons (Fsp3) is 0.696. The van der Waals surface area contributed by atoms with Gasteiger partial charge in [-0.1, -0.05) is 19.9 Å². The van der Waals surface area contributed by atoms with E-state index in [-0.39, 0.29) is 42.0 Å². The van der Waals surface area contributed by atoms with Gasteiger partial charge in [-0.25, -0.2) is 9.38 Å². The standard InChI is InChI=1S/C23H39FN4O2.HI/c1-5-25-23(26-12-9-22(17(3)4)30-6-2)27-16-18-7-8-21(20(24)15-18)28-13-10-19(29)11-14-28;/h7-8,15,17,19,22,29H,5-6,9-14,16H2,1-4H3,(H2,25,26,27);1H. The van der Waals surface area contributed by atoms with Crippen molar-refractivity contribution in [3.63, 3.8) is 0 Å². The number of halogens is 2. The first kappa shape index (κ1) is 27.9. The molecule has 1 atom stereocenters. The number of aliphatic hydroxyl groups is 1. The minimum absolute atomic E-state index is 0. The van der Waals surface area contributed by atoms with Gasteiger partial charge in [0.25, 0.3) is 0 Å². The predicted octanol–water partition coefficient (Wildman–Crippen LogP) is 3.91. The van der Waals surface area contributed by atoms with Crippen molar-refractivity contribution in [3.05, 3.63) is 29.6 Å². The monoisotopic (exact) mass is 550 g/mol. The van der Waals surface area contributed by atoms with Crippen LogP contribution in [0.15, 0.2) is 23.2 Å². The van der Waals surface area contributed by atoms with E-state index < -0.39 is 0 Å². The van der Waals surface area contributed by atoms with Crippen molar-refractivity contribution in [2.75, 3.05) is 37.7 Å². The maximum atomic E-state index is 14.6. The summed E-state index contributed by atoms with van der Waals surface area (Å²) in [4.78, 5) is 6.61. The molecule has 0 aliphatic carbocycles. The van der Waals surface area contributed by atoms with E-state index in [1.165, 1.54) is 0 Å². The number of hydrogen-bond acceptors (Lipinski definition) is 4. The number of rotatable bonds is 10. The van der Waals surface area contributed by atoms with Crippen LogP contribution in [0.5, 0.6) is 0 Å². The van der Waals surface area contributed by atoms with Gasteiger partial charge in [-0.15, -0.1) is 24.0 Å². The van der Waals surface area contributed by atoms with E-state index in [1.54, 1.807) is 6.07 Å². The van der Waals surface area contributed by atoms with Crippen molar-refractivity contribution in [2.24, 2.45) is 10.9 Å². The first-order valence-corrected chi connectivity index (χ1v) is 11.3. The second-order valence-corrected chi connectivity index (χ2v) is 8.15. The van der Waals surface area contributed by atoms with Crippen LogP contribution in [0.4, 0.5) is 10.1 Å². The molecule has 1 heterocycles. The minimum Gasteiger partial charge on any atom is -0.393 e. The summed E-state index contributed by atoms with van der Waals surface area (Å²) in [5, 5.41) is 16.2. The summed E-state index contributed by atoms with van der Waals surface area (Å²) < 4.78 is 20.4. The van der Waals surface area contributed by atoms with Crippen molar-refractivity contribution in [1.82, 2.24) is 10.6 Å². The average molecular weight is 551 g/mol. The predicted molar refractivity (Wildman–Crippen MR) is 137 cm³/mol. The third-order valence-corrected chi connectivity index (χ3v) is 5.43. The first-order chi connectivity index (χ1) is 14.4. The molecule has 178 valence electrons. The van der Waals surface area contributed by atoms with Crippen LogP contribution in [-0.4, -0.2) is 56.1 Å². The van der Waals surface area contributed by atoms with Crippen molar-refractivity contribution >= 4 is 35.6 Å². The van der Waals surface area contributed by atoms with Gasteiger partial charge in [0, 0.05) is 32.8 Å². The maximum Gasteiger partial charge on any atom is 0.191 e. The van der Waals surface area contributed by atoms with E-state index in [4.69, 9.17) is 4.74 Å². The lowest BCUT2D eigenvalue weighted by molar-refractivity contribution is 0.0258. The molecule has 0 amide bonds. The number of nitrogens with zero attached hydrogens (tertiary/aromatic N) is 2. The van der Waals surface area contributed by atoms with Gasteiger partial charge >= 0.3 is 0 Å². The van der Waals surface area contributed by atoms with Crippen molar-refractivity contribution < 1.29 is 14.2 Å². The Balaban J connectivity index is 0.00000480. The second kappa shape index (κ2) is 14.8. The Morgan fingerprint density at radius 2 is 1.97 bits per heavy atom. The number of aliphatic hydroxyl groups excluding tert-OH is 1. The lowest BCUT2D eigenvalue weighted by atomic mass is 10.0. The fourth-order valence-corrected chi connectivity index (χ4v) is 3.68. The lowest BCUT2D eigenvalue weighted by Gasteiger charge is -2.31. The smallest absolute Gasteiger partial charge is 0.191 e. The summed E-state index contributed by atoms with van der Waals surface area (Å²) in [7, 11) is 0. The molecule has 8 heteroatoms. The zero-order valence-corrected chi connectivity index (χ0v) is 21.7. The van der Waals surface area contributed by atoms with Crippen LogP contribution in [0.25, 0.3) is 0 Å². The fourth-order valence-electron chi connectivity index (χ4n) is 3.68. The Morgan fingerprint density at radius 1 is 1.26 bits per heavy atom. The van der Waals surface area contributed by atoms with Crippen LogP contribution in [0.2, 0.25) is 0 Å². The molecule has 31 heavy (non-hydrogen) atoms. The quantitative estimate of drug-likeness (QED) is 0.234. The van der Waals surface area contributed by atoms with Gasteiger partial charge in [-0.2, -0.15) is 0 Å². The maximum absolute atomic E-state index is 14.6. The van der Waals surface area contributed by atoms with Crippen LogP contribution in [0, 0.1) is 11.7 Å². The molecule has 0 spiro atoms. The molecule has 2 rings (SSSR count). The Labute approximate surface area is 204 Å². The summed E-state index contributed by atoms with van der Waals surface area (Å²) >= 11 is 0. The molecule has 1 aliphatic rings. The number of aliphatic imine (C=N–C) groups is 1. The van der Waals surface area contributed by atoms with Crippen LogP contribution < -0.4 is 15.5 Å². The number of hydrogen-bond donors (Lipinski definition) is 3. The number of guanidine groups is 1. The minimum atomic E-state index is -0.265. The molecule has 3 N–H and O–H groups in total. The highest BCUT2D eigenvalue weighted by molar-refractivity contribution is 14.0. The van der Waals surface area contributed by atoms with E-state index in [1.807, 2.05) is 30.9 Å². The van der Waals surface area contributed by atoms with Crippen LogP contribution in [0.3, 0.4) is 0 Å². The Bertz CT molecular complexity index is 667. The average Bonchev–Trinajstić information content (AvgIpc) is 2.72. The molecule has 1 fully saturated rings. The van der Waals surface area contributed by atoms with Gasteiger partial charge in [0.15, 0.2) is 5.96 Å². The third kappa shape index (κ3) is 9.49. The van der Waals surface area contributed by atoms with Crippen LogP contribution >= 0.6 is 24.0 Å². The molecule has 0 saturated carbocycles. The highest BCUT2D eigenvalue weighted by atomic mass is 127. The summed E-state index contributed by atoms with van der Waals surface area (Å²) in [6, 6.07) is 5.32. The molecule has 1 aromatic carbocycles. The summed E-state index contributed by atoms with van der Waals surface area (Å²) in [5.74, 6) is 0.968. The zero-order chi connectivity index (χ0) is 21.9. The van der Waals surface area contributed by atoms with Gasteiger partial charge in [0.2, 0.25) is 0 Å². The van der Waals surface area contributed by atoms with E-state index in [0.717, 1.165) is 37.6 Å². The molecule has 1 aliphatic heterocycles. The molecular weight excluding hydrogens is 510 g/mol. The normalized spacial score (nSPS) is 16.2. The Kier molecular flexibility index (Phi) is 13.4. The number of piperidine rings is 1. The molecule has 1 saturated heterocycles.